The molecule has 0 saturated carbocycles. The summed E-state index contributed by atoms with van der Waals surface area (Å²) in [6, 6.07) is 11.4. The van der Waals surface area contributed by atoms with Gasteiger partial charge in [-0.3, -0.25) is 9.36 Å². The molecule has 33 heavy (non-hydrogen) atoms. The number of benzene rings is 2. The van der Waals surface area contributed by atoms with Gasteiger partial charge >= 0.3 is 5.97 Å². The third-order valence-corrected chi connectivity index (χ3v) is 5.65. The summed E-state index contributed by atoms with van der Waals surface area (Å²) in [5.41, 5.74) is 0.244. The van der Waals surface area contributed by atoms with E-state index in [1.807, 2.05) is 12.1 Å². The Morgan fingerprint density at radius 3 is 2.70 bits per heavy atom. The van der Waals surface area contributed by atoms with Gasteiger partial charge in [-0.1, -0.05) is 41.6 Å². The lowest BCUT2D eigenvalue weighted by molar-refractivity contribution is -0.113. The Balaban J connectivity index is 1.66. The zero-order chi connectivity index (χ0) is 23.8. The molecule has 11 heteroatoms. The number of nitrogens with zero attached hydrogens (tertiary/aromatic N) is 3. The average molecular weight is 489 g/mol. The Morgan fingerprint density at radius 2 is 2.00 bits per heavy atom. The molecule has 0 saturated heterocycles. The van der Waals surface area contributed by atoms with Gasteiger partial charge in [0.05, 0.1) is 29.1 Å². The fraction of sp³-hybridized carbons (Fsp3) is 0.182. The number of carbonyl (C=O) groups is 2. The van der Waals surface area contributed by atoms with Gasteiger partial charge in [0.25, 0.3) is 0 Å². The van der Waals surface area contributed by atoms with Crippen LogP contribution in [0.4, 0.5) is 5.69 Å². The number of halogens is 1. The van der Waals surface area contributed by atoms with E-state index in [2.05, 4.69) is 22.1 Å². The van der Waals surface area contributed by atoms with Crippen LogP contribution in [0.2, 0.25) is 5.02 Å². The average Bonchev–Trinajstić information content (AvgIpc) is 3.19. The molecule has 0 aliphatic rings. The van der Waals surface area contributed by atoms with Crippen molar-refractivity contribution in [1.29, 1.82) is 0 Å². The molecule has 2 N–H and O–H groups in total. The maximum absolute atomic E-state index is 12.4. The SMILES string of the molecule is C=CCn1c(COc2ccccc2OC)nnc1SCC(=O)Nc1cc(C(=O)O)ccc1Cl. The second-order valence-electron chi connectivity index (χ2n) is 6.57. The highest BCUT2D eigenvalue weighted by Gasteiger charge is 2.16. The molecular weight excluding hydrogens is 468 g/mol. The predicted octanol–water partition coefficient (Wildman–Crippen LogP) is 4.13. The molecule has 1 amide bonds. The van der Waals surface area contributed by atoms with E-state index in [9.17, 15) is 9.59 Å². The van der Waals surface area contributed by atoms with Gasteiger partial charge < -0.3 is 19.9 Å². The van der Waals surface area contributed by atoms with E-state index >= 15 is 0 Å². The van der Waals surface area contributed by atoms with Crippen LogP contribution in [0, 0.1) is 0 Å². The number of para-hydroxylation sites is 2. The van der Waals surface area contributed by atoms with E-state index in [4.69, 9.17) is 26.2 Å². The van der Waals surface area contributed by atoms with Crippen LogP contribution < -0.4 is 14.8 Å². The number of rotatable bonds is 11. The lowest BCUT2D eigenvalue weighted by atomic mass is 10.2. The van der Waals surface area contributed by atoms with Crippen molar-refractivity contribution in [3.8, 4) is 11.5 Å². The van der Waals surface area contributed by atoms with Crippen LogP contribution in [-0.2, 0) is 17.9 Å². The van der Waals surface area contributed by atoms with Crippen molar-refractivity contribution in [3.63, 3.8) is 0 Å². The second-order valence-corrected chi connectivity index (χ2v) is 7.92. The van der Waals surface area contributed by atoms with E-state index in [-0.39, 0.29) is 34.5 Å². The summed E-state index contributed by atoms with van der Waals surface area (Å²) in [5.74, 6) is 0.254. The summed E-state index contributed by atoms with van der Waals surface area (Å²) < 4.78 is 12.9. The number of aromatic nitrogens is 3. The summed E-state index contributed by atoms with van der Waals surface area (Å²) >= 11 is 7.23. The molecule has 9 nitrogen and oxygen atoms in total. The molecular formula is C22H21ClN4O5S. The first-order chi connectivity index (χ1) is 15.9. The standard InChI is InChI=1S/C22H21ClN4O5S/c1-3-10-27-19(12-32-18-7-5-4-6-17(18)31-2)25-26-22(27)33-13-20(28)24-16-11-14(21(29)30)8-9-15(16)23/h3-9,11H,1,10,12-13H2,2H3,(H,24,28)(H,29,30). The van der Waals surface area contributed by atoms with E-state index in [1.165, 1.54) is 30.0 Å². The van der Waals surface area contributed by atoms with E-state index < -0.39 is 5.97 Å². The van der Waals surface area contributed by atoms with Crippen LogP contribution in [0.3, 0.4) is 0 Å². The van der Waals surface area contributed by atoms with Crippen molar-refractivity contribution in [2.75, 3.05) is 18.2 Å². The number of nitrogens with one attached hydrogen (secondary N) is 1. The van der Waals surface area contributed by atoms with Crippen LogP contribution in [-0.4, -0.2) is 44.6 Å². The molecule has 0 unspecified atom stereocenters. The first kappa shape index (κ1) is 24.1. The summed E-state index contributed by atoms with van der Waals surface area (Å²) in [5, 5.41) is 20.8. The number of hydrogen-bond acceptors (Lipinski definition) is 7. The van der Waals surface area contributed by atoms with Crippen molar-refractivity contribution in [2.45, 2.75) is 18.3 Å². The van der Waals surface area contributed by atoms with E-state index in [1.54, 1.807) is 29.9 Å². The predicted molar refractivity (Wildman–Crippen MR) is 125 cm³/mol. The molecule has 0 bridgehead atoms. The number of aromatic carboxylic acids is 1. The van der Waals surface area contributed by atoms with Gasteiger partial charge in [-0.15, -0.1) is 16.8 Å². The molecule has 3 aromatic rings. The first-order valence-electron chi connectivity index (χ1n) is 9.67. The lowest BCUT2D eigenvalue weighted by Crippen LogP contribution is -2.15. The highest BCUT2D eigenvalue weighted by atomic mass is 35.5. The molecule has 1 aromatic heterocycles. The van der Waals surface area contributed by atoms with Crippen molar-refractivity contribution < 1.29 is 24.2 Å². The minimum Gasteiger partial charge on any atom is -0.493 e. The number of amides is 1. The molecule has 1 heterocycles. The molecule has 0 radical (unpaired) electrons. The van der Waals surface area contributed by atoms with E-state index in [0.29, 0.717) is 29.0 Å². The van der Waals surface area contributed by atoms with Crippen LogP contribution in [0.1, 0.15) is 16.2 Å². The summed E-state index contributed by atoms with van der Waals surface area (Å²) in [7, 11) is 1.56. The maximum Gasteiger partial charge on any atom is 0.335 e. The molecule has 3 rings (SSSR count). The molecule has 172 valence electrons. The zero-order valence-corrected chi connectivity index (χ0v) is 19.2. The molecule has 0 atom stereocenters. The third-order valence-electron chi connectivity index (χ3n) is 4.35. The van der Waals surface area contributed by atoms with Gasteiger partial charge in [-0.2, -0.15) is 0 Å². The number of allylic oxidation sites excluding steroid dienone is 1. The third kappa shape index (κ3) is 6.27. The smallest absolute Gasteiger partial charge is 0.335 e. The number of carboxylic acids is 1. The van der Waals surface area contributed by atoms with E-state index in [0.717, 1.165) is 0 Å². The topological polar surface area (TPSA) is 116 Å². The minimum absolute atomic E-state index is 0.0102. The monoisotopic (exact) mass is 488 g/mol. The largest absolute Gasteiger partial charge is 0.493 e. The molecule has 0 fully saturated rings. The minimum atomic E-state index is -1.11. The lowest BCUT2D eigenvalue weighted by Gasteiger charge is -2.11. The summed E-state index contributed by atoms with van der Waals surface area (Å²) in [4.78, 5) is 23.6. The van der Waals surface area contributed by atoms with Crippen LogP contribution in [0.15, 0.2) is 60.3 Å². The Morgan fingerprint density at radius 1 is 1.24 bits per heavy atom. The van der Waals surface area contributed by atoms with Crippen molar-refractivity contribution in [2.24, 2.45) is 0 Å². The molecule has 0 aliphatic heterocycles. The zero-order valence-electron chi connectivity index (χ0n) is 17.7. The van der Waals surface area contributed by atoms with Crippen molar-refractivity contribution >= 4 is 40.9 Å². The second kappa shape index (κ2) is 11.4. The summed E-state index contributed by atoms with van der Waals surface area (Å²) in [6.45, 7) is 4.33. The number of thioether (sulfide) groups is 1. The van der Waals surface area contributed by atoms with Gasteiger partial charge in [0.15, 0.2) is 22.5 Å². The van der Waals surface area contributed by atoms with Crippen molar-refractivity contribution in [1.82, 2.24) is 14.8 Å². The van der Waals surface area contributed by atoms with Gasteiger partial charge in [-0.25, -0.2) is 4.79 Å². The molecule has 2 aromatic carbocycles. The van der Waals surface area contributed by atoms with Gasteiger partial charge in [0.2, 0.25) is 5.91 Å². The summed E-state index contributed by atoms with van der Waals surface area (Å²) in [6.07, 6.45) is 1.69. The first-order valence-corrected chi connectivity index (χ1v) is 11.0. The van der Waals surface area contributed by atoms with Crippen LogP contribution in [0.5, 0.6) is 11.5 Å². The fourth-order valence-electron chi connectivity index (χ4n) is 2.80. The maximum atomic E-state index is 12.4. The number of methoxy groups -OCH3 is 1. The Labute approximate surface area is 199 Å². The number of ether oxygens (including phenoxy) is 2. The quantitative estimate of drug-likeness (QED) is 0.305. The van der Waals surface area contributed by atoms with Crippen LogP contribution in [0.25, 0.3) is 0 Å². The van der Waals surface area contributed by atoms with Crippen LogP contribution >= 0.6 is 23.4 Å². The normalized spacial score (nSPS) is 10.5. The molecule has 0 spiro atoms. The van der Waals surface area contributed by atoms with Gasteiger partial charge in [0, 0.05) is 6.54 Å². The highest BCUT2D eigenvalue weighted by Crippen LogP contribution is 2.27. The van der Waals surface area contributed by atoms with Crippen molar-refractivity contribution in [3.05, 3.63) is 71.5 Å². The van der Waals surface area contributed by atoms with Gasteiger partial charge in [-0.05, 0) is 30.3 Å². The highest BCUT2D eigenvalue weighted by molar-refractivity contribution is 7.99. The Kier molecular flexibility index (Phi) is 8.34. The number of carbonyl (C=O) groups excluding carboxylic acids is 1. The number of carboxylic acid groups (broad SMARTS) is 1. The fourth-order valence-corrected chi connectivity index (χ4v) is 3.73. The van der Waals surface area contributed by atoms with Gasteiger partial charge in [0.1, 0.15) is 6.61 Å². The Hall–Kier alpha value is -3.50. The Bertz CT molecular complexity index is 1170. The number of hydrogen-bond donors (Lipinski definition) is 2. The number of anilines is 1. The molecule has 0 aliphatic carbocycles.